The monoisotopic (exact) mass is 707 g/mol. The quantitative estimate of drug-likeness (QED) is 0.143. The average Bonchev–Trinajstić information content (AvgIpc) is 3.28. The fourth-order valence-electron chi connectivity index (χ4n) is 4.23. The van der Waals surface area contributed by atoms with Gasteiger partial charge in [0.25, 0.3) is 0 Å². The van der Waals surface area contributed by atoms with Crippen LogP contribution in [0.4, 0.5) is 0 Å². The first kappa shape index (κ1) is 28.5. The van der Waals surface area contributed by atoms with Crippen molar-refractivity contribution in [1.29, 1.82) is 0 Å². The van der Waals surface area contributed by atoms with Crippen LogP contribution in [-0.2, 0) is 20.1 Å². The molecule has 0 spiro atoms. The molecule has 1 aromatic carbocycles. The van der Waals surface area contributed by atoms with E-state index in [-0.39, 0.29) is 20.1 Å². The fraction of sp³-hybridized carbons (Fsp3) is 0.188. The summed E-state index contributed by atoms with van der Waals surface area (Å²) in [7, 11) is -1.35. The summed E-state index contributed by atoms with van der Waals surface area (Å²) in [4.78, 5) is 17.8. The summed E-state index contributed by atoms with van der Waals surface area (Å²) < 4.78 is 5.87. The van der Waals surface area contributed by atoms with Crippen molar-refractivity contribution in [3.8, 4) is 22.5 Å². The van der Waals surface area contributed by atoms with Gasteiger partial charge in [0, 0.05) is 43.6 Å². The van der Waals surface area contributed by atoms with Gasteiger partial charge < -0.3 is 19.4 Å². The number of pyridine rings is 4. The summed E-state index contributed by atoms with van der Waals surface area (Å²) >= 11 is 0. The van der Waals surface area contributed by atoms with Crippen molar-refractivity contribution < 1.29 is 24.5 Å². The predicted octanol–water partition coefficient (Wildman–Crippen LogP) is 7.25. The number of rotatable bonds is 3. The number of fused-ring (bicyclic) bond motifs is 3. The molecule has 0 unspecified atom stereocenters. The Hall–Kier alpha value is -3.51. The molecule has 0 atom stereocenters. The van der Waals surface area contributed by atoms with E-state index in [1.807, 2.05) is 69.6 Å². The molecule has 0 aliphatic carbocycles. The standard InChI is InChI=1S/C20H20N3OSi.C12H10N.Ir/c1-12-8-16-17-9-14(10-22-20(17)24-19(16)13(2)23-12)18-7-6-15(11-21-18)25(3,4)5;1-10-7-8-12(13-9-10)11-5-3-2-4-6-11;/h6-9,11H,1-5H3;2-5,7-9H,1H3;/q2*-1;. The van der Waals surface area contributed by atoms with Crippen LogP contribution in [0.2, 0.25) is 19.6 Å². The summed E-state index contributed by atoms with van der Waals surface area (Å²) in [5, 5.41) is 3.37. The van der Waals surface area contributed by atoms with E-state index >= 15 is 0 Å². The zero-order valence-corrected chi connectivity index (χ0v) is 26.4. The van der Waals surface area contributed by atoms with E-state index in [0.717, 1.165) is 50.3 Å². The Morgan fingerprint density at radius 1 is 0.795 bits per heavy atom. The van der Waals surface area contributed by atoms with Crippen LogP contribution < -0.4 is 5.19 Å². The first-order valence-electron chi connectivity index (χ1n) is 12.6. The number of furan rings is 1. The number of hydrogen-bond donors (Lipinski definition) is 0. The van der Waals surface area contributed by atoms with E-state index in [9.17, 15) is 0 Å². The minimum absolute atomic E-state index is 0. The maximum absolute atomic E-state index is 5.87. The van der Waals surface area contributed by atoms with Gasteiger partial charge in [0.05, 0.1) is 13.8 Å². The van der Waals surface area contributed by atoms with E-state index in [2.05, 4.69) is 76.1 Å². The van der Waals surface area contributed by atoms with Crippen LogP contribution in [0.1, 0.15) is 17.0 Å². The normalized spacial score (nSPS) is 11.1. The van der Waals surface area contributed by atoms with Gasteiger partial charge in [-0.25, -0.2) is 0 Å². The topological polar surface area (TPSA) is 64.7 Å². The molecular weight excluding hydrogens is 677 g/mol. The van der Waals surface area contributed by atoms with Crippen molar-refractivity contribution in [2.24, 2.45) is 0 Å². The largest absolute Gasteiger partial charge is 0.481 e. The van der Waals surface area contributed by atoms with Gasteiger partial charge in [0.2, 0.25) is 0 Å². The number of aryl methyl sites for hydroxylation is 3. The van der Waals surface area contributed by atoms with Gasteiger partial charge in [-0.3, -0.25) is 4.98 Å². The van der Waals surface area contributed by atoms with Crippen LogP contribution in [0, 0.1) is 33.0 Å². The second-order valence-electron chi connectivity index (χ2n) is 10.5. The number of aromatic nitrogens is 4. The zero-order valence-electron chi connectivity index (χ0n) is 23.0. The van der Waals surface area contributed by atoms with Crippen LogP contribution in [0.25, 0.3) is 44.6 Å². The molecule has 0 amide bonds. The molecular formula is C32H30IrN4OSi-2. The van der Waals surface area contributed by atoms with Gasteiger partial charge in [-0.05, 0) is 60.6 Å². The SMILES string of the molecule is Cc1cc2c(oc3n[c-]c(-c4ccc([Si](C)(C)C)cn4)cc32)c(C)n1.Cc1ccc(-c2[c-]cccc2)nc1.[Ir]. The maximum atomic E-state index is 5.87. The Bertz CT molecular complexity index is 1710. The van der Waals surface area contributed by atoms with Crippen molar-refractivity contribution in [3.63, 3.8) is 0 Å². The van der Waals surface area contributed by atoms with Crippen LogP contribution in [-0.4, -0.2) is 28.0 Å². The van der Waals surface area contributed by atoms with Gasteiger partial charge in [0.15, 0.2) is 0 Å². The number of nitrogens with zero attached hydrogens (tertiary/aromatic N) is 4. The van der Waals surface area contributed by atoms with Crippen LogP contribution in [0.3, 0.4) is 0 Å². The Labute approximate surface area is 244 Å². The van der Waals surface area contributed by atoms with Gasteiger partial charge in [-0.2, -0.15) is 0 Å². The zero-order chi connectivity index (χ0) is 26.9. The first-order chi connectivity index (χ1) is 18.2. The smallest absolute Gasteiger partial charge is 0.144 e. The van der Waals surface area contributed by atoms with Crippen LogP contribution in [0.5, 0.6) is 0 Å². The van der Waals surface area contributed by atoms with Crippen LogP contribution in [0.15, 0.2) is 77.5 Å². The Morgan fingerprint density at radius 3 is 2.18 bits per heavy atom. The fourth-order valence-corrected chi connectivity index (χ4v) is 5.27. The van der Waals surface area contributed by atoms with Gasteiger partial charge >= 0.3 is 0 Å². The van der Waals surface area contributed by atoms with E-state index in [1.54, 1.807) is 0 Å². The minimum Gasteiger partial charge on any atom is -0.481 e. The second-order valence-corrected chi connectivity index (χ2v) is 15.6. The molecule has 0 aliphatic heterocycles. The van der Waals surface area contributed by atoms with Crippen molar-refractivity contribution in [3.05, 3.63) is 102 Å². The molecule has 1 radical (unpaired) electrons. The summed E-state index contributed by atoms with van der Waals surface area (Å²) in [6, 6.07) is 23.4. The third-order valence-corrected chi connectivity index (χ3v) is 8.39. The minimum atomic E-state index is -1.35. The molecule has 5 nitrogen and oxygen atoms in total. The van der Waals surface area contributed by atoms with Crippen molar-refractivity contribution in [2.45, 2.75) is 40.4 Å². The third-order valence-electron chi connectivity index (χ3n) is 6.36. The van der Waals surface area contributed by atoms with Gasteiger partial charge in [-0.15, -0.1) is 47.5 Å². The van der Waals surface area contributed by atoms with Crippen molar-refractivity contribution in [1.82, 2.24) is 19.9 Å². The molecule has 6 aromatic rings. The summed E-state index contributed by atoms with van der Waals surface area (Å²) in [6.45, 7) is 12.9. The molecule has 7 heteroatoms. The molecule has 0 saturated heterocycles. The molecule has 39 heavy (non-hydrogen) atoms. The molecule has 6 rings (SSSR count). The number of benzene rings is 1. The van der Waals surface area contributed by atoms with E-state index < -0.39 is 8.07 Å². The first-order valence-corrected chi connectivity index (χ1v) is 16.1. The molecule has 0 N–H and O–H groups in total. The Kier molecular flexibility index (Phi) is 8.55. The summed E-state index contributed by atoms with van der Waals surface area (Å²) in [6.07, 6.45) is 6.93. The van der Waals surface area contributed by atoms with Crippen molar-refractivity contribution in [2.75, 3.05) is 0 Å². The molecule has 0 bridgehead atoms. The van der Waals surface area contributed by atoms with E-state index in [4.69, 9.17) is 4.42 Å². The summed E-state index contributed by atoms with van der Waals surface area (Å²) in [5.74, 6) is 0. The van der Waals surface area contributed by atoms with Gasteiger partial charge in [0.1, 0.15) is 11.3 Å². The van der Waals surface area contributed by atoms with Gasteiger partial charge in [-0.1, -0.05) is 43.9 Å². The predicted molar refractivity (Wildman–Crippen MR) is 157 cm³/mol. The molecule has 0 saturated carbocycles. The number of hydrogen-bond acceptors (Lipinski definition) is 5. The molecule has 0 aliphatic rings. The summed E-state index contributed by atoms with van der Waals surface area (Å²) in [5.41, 5.74) is 8.20. The molecule has 199 valence electrons. The van der Waals surface area contributed by atoms with E-state index in [0.29, 0.717) is 5.71 Å². The van der Waals surface area contributed by atoms with E-state index in [1.165, 1.54) is 10.8 Å². The van der Waals surface area contributed by atoms with Crippen molar-refractivity contribution >= 4 is 35.3 Å². The second kappa shape index (κ2) is 11.7. The average molecular weight is 707 g/mol. The molecule has 0 fully saturated rings. The molecule has 5 aromatic heterocycles. The Balaban J connectivity index is 0.000000213. The van der Waals surface area contributed by atoms with Crippen LogP contribution >= 0.6 is 0 Å². The maximum Gasteiger partial charge on any atom is 0.144 e. The third kappa shape index (κ3) is 6.39. The Morgan fingerprint density at radius 2 is 1.54 bits per heavy atom. The molecule has 5 heterocycles.